The molecule has 0 atom stereocenters. The fourth-order valence-corrected chi connectivity index (χ4v) is 4.49. The van der Waals surface area contributed by atoms with Gasteiger partial charge in [0.05, 0.1) is 4.47 Å². The second kappa shape index (κ2) is 9.73. The smallest absolute Gasteiger partial charge is 0.262 e. The SMILES string of the molecule is N#C/C(=C/c1cc(Br)c(Sc2ccccc2)o1)C(=O)NCCc1c[nH]c2ccccc12. The molecule has 0 spiro atoms. The molecule has 2 N–H and O–H groups in total. The zero-order valence-corrected chi connectivity index (χ0v) is 18.8. The molecule has 0 aliphatic heterocycles. The number of hydrogen-bond acceptors (Lipinski definition) is 4. The lowest BCUT2D eigenvalue weighted by Crippen LogP contribution is -2.26. The summed E-state index contributed by atoms with van der Waals surface area (Å²) in [6.45, 7) is 0.427. The van der Waals surface area contributed by atoms with Gasteiger partial charge in [-0.15, -0.1) is 0 Å². The zero-order valence-electron chi connectivity index (χ0n) is 16.4. The number of nitrogens with zero attached hydrogens (tertiary/aromatic N) is 1. The Hall–Kier alpha value is -3.21. The van der Waals surface area contributed by atoms with E-state index < -0.39 is 5.91 Å². The fraction of sp³-hybridized carbons (Fsp3) is 0.0833. The van der Waals surface area contributed by atoms with Crippen molar-refractivity contribution in [3.8, 4) is 6.07 Å². The number of aromatic amines is 1. The van der Waals surface area contributed by atoms with Gasteiger partial charge in [0.15, 0.2) is 5.09 Å². The maximum atomic E-state index is 12.5. The zero-order chi connectivity index (χ0) is 21.6. The third-order valence-electron chi connectivity index (χ3n) is 4.63. The monoisotopic (exact) mass is 491 g/mol. The Morgan fingerprint density at radius 3 is 2.77 bits per heavy atom. The molecule has 7 heteroatoms. The Balaban J connectivity index is 1.40. The predicted molar refractivity (Wildman–Crippen MR) is 126 cm³/mol. The quantitative estimate of drug-likeness (QED) is 0.247. The van der Waals surface area contributed by atoms with Crippen molar-refractivity contribution < 1.29 is 9.21 Å². The van der Waals surface area contributed by atoms with Gasteiger partial charge in [-0.05, 0) is 52.2 Å². The normalized spacial score (nSPS) is 11.4. The standard InChI is InChI=1S/C24H18BrN3O2S/c25-21-13-18(30-24(21)31-19-6-2-1-3-7-19)12-17(14-26)23(29)27-11-10-16-15-28-22-9-5-4-8-20(16)22/h1-9,12-13,15,28H,10-11H2,(H,27,29)/b17-12-. The number of furan rings is 1. The number of benzene rings is 2. The number of hydrogen-bond donors (Lipinski definition) is 2. The number of halogens is 1. The summed E-state index contributed by atoms with van der Waals surface area (Å²) in [5.74, 6) is 0.0146. The first-order valence-corrected chi connectivity index (χ1v) is 11.2. The molecule has 2 aromatic heterocycles. The molecule has 31 heavy (non-hydrogen) atoms. The van der Waals surface area contributed by atoms with Gasteiger partial charge in [-0.1, -0.05) is 48.2 Å². The maximum absolute atomic E-state index is 12.5. The van der Waals surface area contributed by atoms with Crippen LogP contribution in [0, 0.1) is 11.3 Å². The van der Waals surface area contributed by atoms with E-state index in [2.05, 4.69) is 26.2 Å². The number of fused-ring (bicyclic) bond motifs is 1. The Bertz CT molecular complexity index is 1290. The molecule has 0 aliphatic rings. The molecule has 0 saturated carbocycles. The summed E-state index contributed by atoms with van der Waals surface area (Å²) in [6, 6.07) is 21.6. The number of carbonyl (C=O) groups is 1. The van der Waals surface area contributed by atoms with Gasteiger partial charge in [-0.25, -0.2) is 0 Å². The van der Waals surface area contributed by atoms with E-state index in [9.17, 15) is 10.1 Å². The minimum absolute atomic E-state index is 0.00330. The number of aromatic nitrogens is 1. The van der Waals surface area contributed by atoms with Crippen molar-refractivity contribution in [3.05, 3.63) is 88.2 Å². The molecular formula is C24H18BrN3O2S. The summed E-state index contributed by atoms with van der Waals surface area (Å²) in [5, 5.41) is 14.1. The highest BCUT2D eigenvalue weighted by Gasteiger charge is 2.14. The lowest BCUT2D eigenvalue weighted by atomic mass is 10.1. The molecule has 2 heterocycles. The van der Waals surface area contributed by atoms with Gasteiger partial charge in [0.25, 0.3) is 5.91 Å². The van der Waals surface area contributed by atoms with E-state index in [1.165, 1.54) is 17.8 Å². The molecule has 4 rings (SSSR count). The van der Waals surface area contributed by atoms with Gasteiger partial charge in [-0.3, -0.25) is 4.79 Å². The number of rotatable bonds is 7. The van der Waals surface area contributed by atoms with E-state index in [0.717, 1.165) is 25.8 Å². The largest absolute Gasteiger partial charge is 0.449 e. The van der Waals surface area contributed by atoms with Crippen LogP contribution in [-0.4, -0.2) is 17.4 Å². The van der Waals surface area contributed by atoms with Gasteiger partial charge in [0, 0.05) is 34.6 Å². The molecule has 0 radical (unpaired) electrons. The number of carbonyl (C=O) groups excluding carboxylic acids is 1. The first-order chi connectivity index (χ1) is 15.1. The average molecular weight is 492 g/mol. The topological polar surface area (TPSA) is 81.8 Å². The van der Waals surface area contributed by atoms with Crippen LogP contribution in [0.4, 0.5) is 0 Å². The highest BCUT2D eigenvalue weighted by molar-refractivity contribution is 9.10. The van der Waals surface area contributed by atoms with E-state index in [-0.39, 0.29) is 5.57 Å². The molecule has 0 fully saturated rings. The Kier molecular flexibility index (Phi) is 6.60. The summed E-state index contributed by atoms with van der Waals surface area (Å²) in [4.78, 5) is 16.7. The van der Waals surface area contributed by atoms with Crippen LogP contribution in [0.25, 0.3) is 17.0 Å². The maximum Gasteiger partial charge on any atom is 0.262 e. The van der Waals surface area contributed by atoms with Crippen molar-refractivity contribution in [1.29, 1.82) is 5.26 Å². The molecule has 0 bridgehead atoms. The van der Waals surface area contributed by atoms with Crippen molar-refractivity contribution in [2.75, 3.05) is 6.54 Å². The van der Waals surface area contributed by atoms with Gasteiger partial charge in [0.2, 0.25) is 0 Å². The number of nitriles is 1. The fourth-order valence-electron chi connectivity index (χ4n) is 3.14. The molecule has 0 saturated heterocycles. The van der Waals surface area contributed by atoms with E-state index >= 15 is 0 Å². The van der Waals surface area contributed by atoms with Crippen LogP contribution in [0.2, 0.25) is 0 Å². The summed E-state index contributed by atoms with van der Waals surface area (Å²) in [7, 11) is 0. The molecular weight excluding hydrogens is 474 g/mol. The lowest BCUT2D eigenvalue weighted by molar-refractivity contribution is -0.117. The minimum atomic E-state index is -0.424. The molecule has 4 aromatic rings. The molecule has 154 valence electrons. The highest BCUT2D eigenvalue weighted by Crippen LogP contribution is 2.36. The average Bonchev–Trinajstić information content (AvgIpc) is 3.36. The summed E-state index contributed by atoms with van der Waals surface area (Å²) in [5.41, 5.74) is 2.18. The van der Waals surface area contributed by atoms with Crippen LogP contribution >= 0.6 is 27.7 Å². The van der Waals surface area contributed by atoms with Gasteiger partial charge in [-0.2, -0.15) is 5.26 Å². The van der Waals surface area contributed by atoms with E-state index in [0.29, 0.717) is 23.8 Å². The van der Waals surface area contributed by atoms with Crippen LogP contribution < -0.4 is 5.32 Å². The summed E-state index contributed by atoms with van der Waals surface area (Å²) >= 11 is 4.94. The molecule has 0 aliphatic carbocycles. The number of nitrogens with one attached hydrogen (secondary N) is 2. The second-order valence-electron chi connectivity index (χ2n) is 6.73. The predicted octanol–water partition coefficient (Wildman–Crippen LogP) is 5.94. The summed E-state index contributed by atoms with van der Waals surface area (Å²) < 4.78 is 6.59. The first-order valence-electron chi connectivity index (χ1n) is 9.61. The minimum Gasteiger partial charge on any atom is -0.449 e. The van der Waals surface area contributed by atoms with E-state index in [4.69, 9.17) is 4.42 Å². The lowest BCUT2D eigenvalue weighted by Gasteiger charge is -2.03. The van der Waals surface area contributed by atoms with Crippen molar-refractivity contribution >= 4 is 50.6 Å². The van der Waals surface area contributed by atoms with Crippen molar-refractivity contribution in [3.63, 3.8) is 0 Å². The Morgan fingerprint density at radius 1 is 1.19 bits per heavy atom. The van der Waals surface area contributed by atoms with Crippen LogP contribution in [0.3, 0.4) is 0 Å². The number of H-pyrrole nitrogens is 1. The van der Waals surface area contributed by atoms with E-state index in [1.54, 1.807) is 6.07 Å². The second-order valence-corrected chi connectivity index (χ2v) is 8.64. The molecule has 0 unspecified atom stereocenters. The van der Waals surface area contributed by atoms with Crippen LogP contribution in [0.5, 0.6) is 0 Å². The molecule has 2 aromatic carbocycles. The third-order valence-corrected chi connectivity index (χ3v) is 6.48. The van der Waals surface area contributed by atoms with Crippen molar-refractivity contribution in [2.45, 2.75) is 16.4 Å². The van der Waals surface area contributed by atoms with Gasteiger partial charge in [0.1, 0.15) is 17.4 Å². The van der Waals surface area contributed by atoms with E-state index in [1.807, 2.05) is 66.9 Å². The highest BCUT2D eigenvalue weighted by atomic mass is 79.9. The van der Waals surface area contributed by atoms with Crippen LogP contribution in [-0.2, 0) is 11.2 Å². The summed E-state index contributed by atoms with van der Waals surface area (Å²) in [6.07, 6.45) is 4.07. The van der Waals surface area contributed by atoms with Crippen molar-refractivity contribution in [1.82, 2.24) is 10.3 Å². The van der Waals surface area contributed by atoms with Gasteiger partial charge < -0.3 is 14.7 Å². The number of amides is 1. The third kappa shape index (κ3) is 5.10. The van der Waals surface area contributed by atoms with Crippen molar-refractivity contribution in [2.24, 2.45) is 0 Å². The molecule has 5 nitrogen and oxygen atoms in total. The van der Waals surface area contributed by atoms with Crippen LogP contribution in [0.1, 0.15) is 11.3 Å². The Morgan fingerprint density at radius 2 is 1.97 bits per heavy atom. The number of para-hydroxylation sites is 1. The van der Waals surface area contributed by atoms with Gasteiger partial charge >= 0.3 is 0 Å². The molecule has 1 amide bonds. The Labute approximate surface area is 192 Å². The van der Waals surface area contributed by atoms with Crippen LogP contribution in [0.15, 0.2) is 91.3 Å². The first kappa shape index (κ1) is 21.0.